The standard InChI is InChI=1S/C15H19N3OS/c1-3-7-16-15(19)12-5-4-6-13(8-12)17-9-14-18-11(2)10-20-14/h4-6,8,10,17H,3,7,9H2,1-2H3,(H,16,19). The molecule has 0 spiro atoms. The molecule has 106 valence electrons. The Morgan fingerprint density at radius 2 is 2.25 bits per heavy atom. The van der Waals surface area contributed by atoms with Crippen LogP contribution in [0.25, 0.3) is 0 Å². The Morgan fingerprint density at radius 3 is 2.95 bits per heavy atom. The van der Waals surface area contributed by atoms with Gasteiger partial charge in [-0.05, 0) is 31.5 Å². The first-order valence-corrected chi connectivity index (χ1v) is 7.60. The zero-order valence-corrected chi connectivity index (χ0v) is 12.6. The molecule has 0 atom stereocenters. The van der Waals surface area contributed by atoms with E-state index >= 15 is 0 Å². The van der Waals surface area contributed by atoms with Gasteiger partial charge >= 0.3 is 0 Å². The summed E-state index contributed by atoms with van der Waals surface area (Å²) in [6.45, 7) is 5.40. The first-order chi connectivity index (χ1) is 9.69. The van der Waals surface area contributed by atoms with Crippen molar-refractivity contribution in [2.45, 2.75) is 26.8 Å². The fourth-order valence-electron chi connectivity index (χ4n) is 1.77. The van der Waals surface area contributed by atoms with Crippen molar-refractivity contribution in [1.29, 1.82) is 0 Å². The summed E-state index contributed by atoms with van der Waals surface area (Å²) in [6.07, 6.45) is 0.938. The molecule has 0 aliphatic heterocycles. The highest BCUT2D eigenvalue weighted by Gasteiger charge is 2.05. The number of benzene rings is 1. The summed E-state index contributed by atoms with van der Waals surface area (Å²) < 4.78 is 0. The Kier molecular flexibility index (Phi) is 5.12. The summed E-state index contributed by atoms with van der Waals surface area (Å²) in [7, 11) is 0. The average molecular weight is 289 g/mol. The van der Waals surface area contributed by atoms with Crippen LogP contribution in [0.5, 0.6) is 0 Å². The number of hydrogen-bond donors (Lipinski definition) is 2. The Labute approximate surface area is 123 Å². The van der Waals surface area contributed by atoms with Crippen molar-refractivity contribution in [2.24, 2.45) is 0 Å². The lowest BCUT2D eigenvalue weighted by molar-refractivity contribution is 0.0953. The Morgan fingerprint density at radius 1 is 1.40 bits per heavy atom. The van der Waals surface area contributed by atoms with Gasteiger partial charge in [0.1, 0.15) is 5.01 Å². The Balaban J connectivity index is 1.97. The molecule has 4 nitrogen and oxygen atoms in total. The number of thiazole rings is 1. The molecule has 0 saturated carbocycles. The van der Waals surface area contributed by atoms with E-state index in [-0.39, 0.29) is 5.91 Å². The minimum Gasteiger partial charge on any atom is -0.379 e. The fraction of sp³-hybridized carbons (Fsp3) is 0.333. The van der Waals surface area contributed by atoms with E-state index in [1.807, 2.05) is 43.5 Å². The lowest BCUT2D eigenvalue weighted by Gasteiger charge is -2.07. The van der Waals surface area contributed by atoms with Crippen LogP contribution in [0.2, 0.25) is 0 Å². The highest BCUT2D eigenvalue weighted by molar-refractivity contribution is 7.09. The molecule has 2 rings (SSSR count). The van der Waals surface area contributed by atoms with E-state index in [9.17, 15) is 4.79 Å². The first kappa shape index (κ1) is 14.5. The van der Waals surface area contributed by atoms with Crippen molar-refractivity contribution in [1.82, 2.24) is 10.3 Å². The number of aromatic nitrogens is 1. The van der Waals surface area contributed by atoms with Crippen molar-refractivity contribution in [3.05, 3.63) is 45.9 Å². The van der Waals surface area contributed by atoms with Crippen LogP contribution >= 0.6 is 11.3 Å². The molecule has 2 N–H and O–H groups in total. The smallest absolute Gasteiger partial charge is 0.251 e. The largest absolute Gasteiger partial charge is 0.379 e. The molecule has 0 bridgehead atoms. The van der Waals surface area contributed by atoms with Gasteiger partial charge in [0.2, 0.25) is 0 Å². The minimum atomic E-state index is -0.0272. The highest BCUT2D eigenvalue weighted by Crippen LogP contribution is 2.14. The van der Waals surface area contributed by atoms with E-state index < -0.39 is 0 Å². The molecule has 1 aromatic heterocycles. The van der Waals surface area contributed by atoms with Crippen LogP contribution in [0.3, 0.4) is 0 Å². The molecular weight excluding hydrogens is 270 g/mol. The normalized spacial score (nSPS) is 10.3. The van der Waals surface area contributed by atoms with E-state index in [1.165, 1.54) is 0 Å². The maximum absolute atomic E-state index is 11.9. The van der Waals surface area contributed by atoms with E-state index in [4.69, 9.17) is 0 Å². The van der Waals surface area contributed by atoms with Gasteiger partial charge in [-0.15, -0.1) is 11.3 Å². The number of aryl methyl sites for hydroxylation is 1. The Bertz CT molecular complexity index is 580. The second kappa shape index (κ2) is 7.05. The van der Waals surface area contributed by atoms with E-state index in [0.717, 1.165) is 22.8 Å². The minimum absolute atomic E-state index is 0.0272. The molecule has 1 aromatic carbocycles. The van der Waals surface area contributed by atoms with Crippen molar-refractivity contribution in [2.75, 3.05) is 11.9 Å². The lowest BCUT2D eigenvalue weighted by Crippen LogP contribution is -2.23. The summed E-state index contributed by atoms with van der Waals surface area (Å²) in [5.74, 6) is -0.0272. The lowest BCUT2D eigenvalue weighted by atomic mass is 10.2. The predicted molar refractivity (Wildman–Crippen MR) is 83.2 cm³/mol. The molecule has 0 aliphatic carbocycles. The van der Waals surface area contributed by atoms with Crippen LogP contribution in [0.4, 0.5) is 5.69 Å². The number of carbonyl (C=O) groups excluding carboxylic acids is 1. The highest BCUT2D eigenvalue weighted by atomic mass is 32.1. The van der Waals surface area contributed by atoms with Gasteiger partial charge in [0, 0.05) is 28.9 Å². The molecule has 1 heterocycles. The topological polar surface area (TPSA) is 54.0 Å². The van der Waals surface area contributed by atoms with E-state index in [0.29, 0.717) is 18.7 Å². The number of nitrogens with zero attached hydrogens (tertiary/aromatic N) is 1. The van der Waals surface area contributed by atoms with Crippen molar-refractivity contribution >= 4 is 22.9 Å². The monoisotopic (exact) mass is 289 g/mol. The number of anilines is 1. The number of nitrogens with one attached hydrogen (secondary N) is 2. The van der Waals surface area contributed by atoms with Crippen molar-refractivity contribution in [3.63, 3.8) is 0 Å². The second-order valence-corrected chi connectivity index (χ2v) is 5.52. The number of hydrogen-bond acceptors (Lipinski definition) is 4. The average Bonchev–Trinajstić information content (AvgIpc) is 2.88. The summed E-state index contributed by atoms with van der Waals surface area (Å²) in [5, 5.41) is 9.25. The molecule has 0 unspecified atom stereocenters. The summed E-state index contributed by atoms with van der Waals surface area (Å²) >= 11 is 1.64. The third kappa shape index (κ3) is 4.06. The van der Waals surface area contributed by atoms with Crippen molar-refractivity contribution < 1.29 is 4.79 Å². The van der Waals surface area contributed by atoms with Gasteiger partial charge in [0.05, 0.1) is 6.54 Å². The molecule has 0 radical (unpaired) electrons. The zero-order chi connectivity index (χ0) is 14.4. The van der Waals surface area contributed by atoms with Gasteiger partial charge < -0.3 is 10.6 Å². The maximum Gasteiger partial charge on any atom is 0.251 e. The van der Waals surface area contributed by atoms with Crippen LogP contribution in [0.15, 0.2) is 29.6 Å². The molecule has 20 heavy (non-hydrogen) atoms. The summed E-state index contributed by atoms with van der Waals surface area (Å²) in [5.41, 5.74) is 2.65. The maximum atomic E-state index is 11.9. The molecule has 0 saturated heterocycles. The summed E-state index contributed by atoms with van der Waals surface area (Å²) in [6, 6.07) is 7.53. The third-order valence-electron chi connectivity index (χ3n) is 2.77. The van der Waals surface area contributed by atoms with Crippen LogP contribution in [-0.4, -0.2) is 17.4 Å². The first-order valence-electron chi connectivity index (χ1n) is 6.72. The fourth-order valence-corrected chi connectivity index (χ4v) is 2.48. The zero-order valence-electron chi connectivity index (χ0n) is 11.8. The predicted octanol–water partition coefficient (Wildman–Crippen LogP) is 3.20. The third-order valence-corrected chi connectivity index (χ3v) is 3.74. The quantitative estimate of drug-likeness (QED) is 0.858. The number of carbonyl (C=O) groups is 1. The van der Waals surface area contributed by atoms with Gasteiger partial charge in [-0.25, -0.2) is 4.98 Å². The second-order valence-electron chi connectivity index (χ2n) is 4.57. The molecule has 0 aliphatic rings. The molecular formula is C15H19N3OS. The SMILES string of the molecule is CCCNC(=O)c1cccc(NCc2nc(C)cs2)c1. The molecule has 5 heteroatoms. The number of rotatable bonds is 6. The van der Waals surface area contributed by atoms with Gasteiger partial charge in [0.25, 0.3) is 5.91 Å². The molecule has 2 aromatic rings. The van der Waals surface area contributed by atoms with Crippen LogP contribution in [0, 0.1) is 6.92 Å². The molecule has 1 amide bonds. The van der Waals surface area contributed by atoms with Crippen molar-refractivity contribution in [3.8, 4) is 0 Å². The van der Waals surface area contributed by atoms with Crippen LogP contribution in [0.1, 0.15) is 34.4 Å². The van der Waals surface area contributed by atoms with Gasteiger partial charge in [-0.1, -0.05) is 13.0 Å². The van der Waals surface area contributed by atoms with E-state index in [2.05, 4.69) is 15.6 Å². The number of amides is 1. The van der Waals surface area contributed by atoms with Gasteiger partial charge in [-0.2, -0.15) is 0 Å². The van der Waals surface area contributed by atoms with Gasteiger partial charge in [-0.3, -0.25) is 4.79 Å². The Hall–Kier alpha value is -1.88. The van der Waals surface area contributed by atoms with Gasteiger partial charge in [0.15, 0.2) is 0 Å². The molecule has 0 fully saturated rings. The van der Waals surface area contributed by atoms with E-state index in [1.54, 1.807) is 11.3 Å². The van der Waals surface area contributed by atoms with Crippen LogP contribution < -0.4 is 10.6 Å². The van der Waals surface area contributed by atoms with Crippen LogP contribution in [-0.2, 0) is 6.54 Å². The summed E-state index contributed by atoms with van der Waals surface area (Å²) in [4.78, 5) is 16.3.